The Bertz CT molecular complexity index is 1430. The molecule has 5 rings (SSSR count). The number of nitrogen functional groups attached to an aromatic ring is 1. The number of rotatable bonds is 4. The molecular weight excluding hydrogens is 408 g/mol. The molecule has 31 heavy (non-hydrogen) atoms. The molecule has 4 aromatic rings. The number of aromatic nitrogens is 3. The van der Waals surface area contributed by atoms with Gasteiger partial charge in [-0.15, -0.1) is 0 Å². The number of aryl methyl sites for hydroxylation is 2. The fraction of sp³-hybridized carbons (Fsp3) is 0.250. The fourth-order valence-corrected chi connectivity index (χ4v) is 5.76. The van der Waals surface area contributed by atoms with Crippen molar-refractivity contribution in [3.8, 4) is 11.4 Å². The molecule has 1 aliphatic carbocycles. The van der Waals surface area contributed by atoms with Crippen LogP contribution in [-0.2, 0) is 10.0 Å². The molecule has 2 heterocycles. The molecule has 0 atom stereocenters. The van der Waals surface area contributed by atoms with Crippen molar-refractivity contribution in [1.82, 2.24) is 13.9 Å². The van der Waals surface area contributed by atoms with Gasteiger partial charge < -0.3 is 5.73 Å². The minimum Gasteiger partial charge on any atom is -0.383 e. The zero-order valence-corrected chi connectivity index (χ0v) is 18.6. The van der Waals surface area contributed by atoms with Crippen LogP contribution >= 0.6 is 0 Å². The summed E-state index contributed by atoms with van der Waals surface area (Å²) in [6.07, 6.45) is 2.03. The van der Waals surface area contributed by atoms with E-state index in [-0.39, 0.29) is 4.90 Å². The van der Waals surface area contributed by atoms with Crippen LogP contribution in [0.15, 0.2) is 53.4 Å². The average Bonchev–Trinajstić information content (AvgIpc) is 3.51. The number of fused-ring (bicyclic) bond motifs is 1. The molecule has 2 aromatic carbocycles. The van der Waals surface area contributed by atoms with E-state index < -0.39 is 10.0 Å². The minimum atomic E-state index is -3.85. The van der Waals surface area contributed by atoms with Crippen molar-refractivity contribution < 1.29 is 8.42 Å². The van der Waals surface area contributed by atoms with E-state index in [1.165, 1.54) is 3.97 Å². The van der Waals surface area contributed by atoms with E-state index in [2.05, 4.69) is 4.98 Å². The zero-order valence-electron chi connectivity index (χ0n) is 17.8. The van der Waals surface area contributed by atoms with Crippen LogP contribution in [0.3, 0.4) is 0 Å². The Morgan fingerprint density at radius 1 is 0.968 bits per heavy atom. The average molecular weight is 433 g/mol. The van der Waals surface area contributed by atoms with Gasteiger partial charge in [0.05, 0.1) is 10.3 Å². The van der Waals surface area contributed by atoms with Crippen LogP contribution in [0.1, 0.15) is 41.1 Å². The first kappa shape index (κ1) is 19.8. The Morgan fingerprint density at radius 2 is 1.65 bits per heavy atom. The molecule has 0 aliphatic heterocycles. The van der Waals surface area contributed by atoms with Gasteiger partial charge in [-0.2, -0.15) is 0 Å². The molecule has 6 nitrogen and oxygen atoms in total. The summed E-state index contributed by atoms with van der Waals surface area (Å²) in [6.45, 7) is 5.75. The number of anilines is 1. The van der Waals surface area contributed by atoms with Crippen molar-refractivity contribution in [2.45, 2.75) is 44.4 Å². The summed E-state index contributed by atoms with van der Waals surface area (Å²) in [5.74, 6) is 1.06. The van der Waals surface area contributed by atoms with Crippen molar-refractivity contribution in [2.24, 2.45) is 0 Å². The van der Waals surface area contributed by atoms with Crippen LogP contribution in [0.25, 0.3) is 22.4 Å². The quantitative estimate of drug-likeness (QED) is 0.504. The molecule has 2 N–H and O–H groups in total. The van der Waals surface area contributed by atoms with Gasteiger partial charge in [0.15, 0.2) is 11.5 Å². The summed E-state index contributed by atoms with van der Waals surface area (Å²) in [5, 5.41) is 0.660. The van der Waals surface area contributed by atoms with Gasteiger partial charge in [-0.05, 0) is 62.8 Å². The monoisotopic (exact) mass is 432 g/mol. The van der Waals surface area contributed by atoms with Crippen molar-refractivity contribution in [3.63, 3.8) is 0 Å². The number of hydrogen-bond donors (Lipinski definition) is 1. The lowest BCUT2D eigenvalue weighted by molar-refractivity contribution is 0.587. The van der Waals surface area contributed by atoms with Gasteiger partial charge in [-0.25, -0.2) is 22.4 Å². The molecule has 158 valence electrons. The van der Waals surface area contributed by atoms with E-state index in [0.29, 0.717) is 34.3 Å². The summed E-state index contributed by atoms with van der Waals surface area (Å²) in [6, 6.07) is 14.6. The number of nitrogens with two attached hydrogens (primary N) is 1. The van der Waals surface area contributed by atoms with Crippen LogP contribution in [-0.4, -0.2) is 22.4 Å². The van der Waals surface area contributed by atoms with Gasteiger partial charge in [-0.3, -0.25) is 0 Å². The van der Waals surface area contributed by atoms with Gasteiger partial charge in [0.2, 0.25) is 0 Å². The van der Waals surface area contributed by atoms with Crippen molar-refractivity contribution in [2.75, 3.05) is 5.73 Å². The lowest BCUT2D eigenvalue weighted by Crippen LogP contribution is -2.15. The van der Waals surface area contributed by atoms with Crippen LogP contribution in [0.2, 0.25) is 0 Å². The number of benzene rings is 2. The summed E-state index contributed by atoms with van der Waals surface area (Å²) in [5.41, 5.74) is 11.2. The normalized spacial score (nSPS) is 14.3. The SMILES string of the molecule is Cc1ccc(S(=O)(=O)n2c(C)c(C3CC3)c3c(N)nc(-c4ccccc4C)nc32)cc1. The number of nitrogens with zero attached hydrogens (tertiary/aromatic N) is 3. The fourth-order valence-electron chi connectivity index (χ4n) is 4.25. The standard InChI is InChI=1S/C24H24N4O2S/c1-14-8-12-18(13-9-14)31(29,30)28-16(3)20(17-10-11-17)21-22(25)26-23(27-24(21)28)19-7-5-4-6-15(19)2/h4-9,12-13,17H,10-11H2,1-3H3,(H2,25,26,27). The van der Waals surface area contributed by atoms with Crippen LogP contribution in [0.4, 0.5) is 5.82 Å². The van der Waals surface area contributed by atoms with Crippen molar-refractivity contribution >= 4 is 26.9 Å². The molecule has 1 saturated carbocycles. The summed E-state index contributed by atoms with van der Waals surface area (Å²) >= 11 is 0. The lowest BCUT2D eigenvalue weighted by Gasteiger charge is -2.11. The molecule has 7 heteroatoms. The second-order valence-corrected chi connectivity index (χ2v) is 10.1. The van der Waals surface area contributed by atoms with Crippen LogP contribution in [0, 0.1) is 20.8 Å². The first-order valence-corrected chi connectivity index (χ1v) is 11.8. The smallest absolute Gasteiger partial charge is 0.269 e. The third-order valence-electron chi connectivity index (χ3n) is 6.00. The topological polar surface area (TPSA) is 90.9 Å². The zero-order chi connectivity index (χ0) is 21.9. The molecule has 0 amide bonds. The van der Waals surface area contributed by atoms with Gasteiger partial charge in [0.25, 0.3) is 10.0 Å². The lowest BCUT2D eigenvalue weighted by atomic mass is 10.1. The summed E-state index contributed by atoms with van der Waals surface area (Å²) in [7, 11) is -3.85. The maximum Gasteiger partial charge on any atom is 0.269 e. The Hall–Kier alpha value is -3.19. The molecule has 2 aromatic heterocycles. The van der Waals surface area contributed by atoms with Gasteiger partial charge >= 0.3 is 0 Å². The van der Waals surface area contributed by atoms with Gasteiger partial charge in [0, 0.05) is 11.3 Å². The summed E-state index contributed by atoms with van der Waals surface area (Å²) < 4.78 is 28.8. The first-order valence-electron chi connectivity index (χ1n) is 10.4. The summed E-state index contributed by atoms with van der Waals surface area (Å²) in [4.78, 5) is 9.57. The van der Waals surface area contributed by atoms with E-state index in [9.17, 15) is 8.42 Å². The molecule has 1 aliphatic rings. The van der Waals surface area contributed by atoms with E-state index in [1.54, 1.807) is 24.3 Å². The minimum absolute atomic E-state index is 0.232. The highest BCUT2D eigenvalue weighted by molar-refractivity contribution is 7.90. The van der Waals surface area contributed by atoms with E-state index in [0.717, 1.165) is 35.1 Å². The Morgan fingerprint density at radius 3 is 2.29 bits per heavy atom. The molecule has 0 bridgehead atoms. The predicted octanol–water partition coefficient (Wildman–Crippen LogP) is 4.72. The Labute approximate surface area is 181 Å². The highest BCUT2D eigenvalue weighted by Crippen LogP contribution is 2.47. The molecule has 0 saturated heterocycles. The maximum absolute atomic E-state index is 13.7. The second-order valence-electron chi connectivity index (χ2n) is 8.30. The van der Waals surface area contributed by atoms with Crippen molar-refractivity contribution in [1.29, 1.82) is 0 Å². The van der Waals surface area contributed by atoms with Crippen LogP contribution < -0.4 is 5.73 Å². The first-order chi connectivity index (χ1) is 14.8. The van der Waals surface area contributed by atoms with Crippen molar-refractivity contribution in [3.05, 3.63) is 70.9 Å². The third kappa shape index (κ3) is 3.11. The molecule has 0 radical (unpaired) electrons. The van der Waals surface area contributed by atoms with E-state index in [1.807, 2.05) is 45.0 Å². The van der Waals surface area contributed by atoms with Crippen LogP contribution in [0.5, 0.6) is 0 Å². The number of hydrogen-bond acceptors (Lipinski definition) is 5. The molecule has 0 spiro atoms. The second kappa shape index (κ2) is 6.92. The van der Waals surface area contributed by atoms with E-state index >= 15 is 0 Å². The third-order valence-corrected chi connectivity index (χ3v) is 7.80. The van der Waals surface area contributed by atoms with Gasteiger partial charge in [-0.1, -0.05) is 42.0 Å². The highest BCUT2D eigenvalue weighted by Gasteiger charge is 2.35. The largest absolute Gasteiger partial charge is 0.383 e. The molecule has 1 fully saturated rings. The molecular formula is C24H24N4O2S. The Kier molecular flexibility index (Phi) is 4.41. The highest BCUT2D eigenvalue weighted by atomic mass is 32.2. The Balaban J connectivity index is 1.85. The molecule has 0 unspecified atom stereocenters. The van der Waals surface area contributed by atoms with E-state index in [4.69, 9.17) is 10.7 Å². The maximum atomic E-state index is 13.7. The predicted molar refractivity (Wildman–Crippen MR) is 123 cm³/mol. The van der Waals surface area contributed by atoms with Gasteiger partial charge in [0.1, 0.15) is 5.82 Å².